The number of rotatable bonds is 4. The highest BCUT2D eigenvalue weighted by atomic mass is 32.1. The number of amides is 1. The SMILES string of the molecule is Cc1ccc(-c2cc(C(=O)N3CCC[C@H]3c3cc(C(C)C)on3)n[nH]2)s1. The van der Waals surface area contributed by atoms with E-state index in [1.54, 1.807) is 11.3 Å². The minimum absolute atomic E-state index is 0.0390. The summed E-state index contributed by atoms with van der Waals surface area (Å²) in [6.45, 7) is 6.92. The summed E-state index contributed by atoms with van der Waals surface area (Å²) >= 11 is 1.68. The smallest absolute Gasteiger partial charge is 0.274 e. The van der Waals surface area contributed by atoms with Crippen molar-refractivity contribution in [2.45, 2.75) is 45.6 Å². The number of carbonyl (C=O) groups is 1. The van der Waals surface area contributed by atoms with Gasteiger partial charge < -0.3 is 9.42 Å². The monoisotopic (exact) mass is 370 g/mol. The largest absolute Gasteiger partial charge is 0.361 e. The summed E-state index contributed by atoms with van der Waals surface area (Å²) in [6, 6.07) is 7.89. The molecule has 0 spiro atoms. The molecule has 3 aromatic rings. The van der Waals surface area contributed by atoms with Crippen LogP contribution in [0.4, 0.5) is 0 Å². The normalized spacial score (nSPS) is 17.4. The molecule has 0 radical (unpaired) electrons. The molecule has 4 heterocycles. The molecular formula is C19H22N4O2S. The Balaban J connectivity index is 1.56. The Hall–Kier alpha value is -2.41. The topological polar surface area (TPSA) is 75.0 Å². The molecule has 7 heteroatoms. The second kappa shape index (κ2) is 6.72. The van der Waals surface area contributed by atoms with Gasteiger partial charge in [0.05, 0.1) is 16.6 Å². The summed E-state index contributed by atoms with van der Waals surface area (Å²) in [5, 5.41) is 11.5. The molecule has 136 valence electrons. The minimum Gasteiger partial charge on any atom is -0.361 e. The van der Waals surface area contributed by atoms with Crippen molar-refractivity contribution in [3.05, 3.63) is 46.3 Å². The zero-order valence-corrected chi connectivity index (χ0v) is 16.0. The number of likely N-dealkylation sites (tertiary alicyclic amines) is 1. The van der Waals surface area contributed by atoms with Gasteiger partial charge in [0.25, 0.3) is 5.91 Å². The van der Waals surface area contributed by atoms with Crippen LogP contribution in [-0.2, 0) is 0 Å². The molecule has 6 nitrogen and oxygen atoms in total. The van der Waals surface area contributed by atoms with E-state index < -0.39 is 0 Å². The van der Waals surface area contributed by atoms with Gasteiger partial charge >= 0.3 is 0 Å². The van der Waals surface area contributed by atoms with E-state index in [0.29, 0.717) is 12.2 Å². The van der Waals surface area contributed by atoms with E-state index in [0.717, 1.165) is 34.9 Å². The Bertz CT molecular complexity index is 924. The van der Waals surface area contributed by atoms with Crippen molar-refractivity contribution in [2.24, 2.45) is 0 Å². The summed E-state index contributed by atoms with van der Waals surface area (Å²) in [7, 11) is 0. The summed E-state index contributed by atoms with van der Waals surface area (Å²) in [4.78, 5) is 17.2. The van der Waals surface area contributed by atoms with Gasteiger partial charge in [0.15, 0.2) is 5.69 Å². The first-order chi connectivity index (χ1) is 12.5. The van der Waals surface area contributed by atoms with Crippen molar-refractivity contribution in [1.29, 1.82) is 0 Å². The zero-order chi connectivity index (χ0) is 18.3. The van der Waals surface area contributed by atoms with Gasteiger partial charge in [0.1, 0.15) is 11.5 Å². The number of hydrogen-bond donors (Lipinski definition) is 1. The molecule has 1 fully saturated rings. The standard InChI is InChI=1S/C19H22N4O2S/c1-11(2)17-10-13(22-25-17)16-5-4-8-23(16)19(24)15-9-14(20-21-15)18-7-6-12(3)26-18/h6-7,9-11,16H,4-5,8H2,1-3H3,(H,20,21)/t16-/m0/s1. The highest BCUT2D eigenvalue weighted by Gasteiger charge is 2.34. The predicted molar refractivity (Wildman–Crippen MR) is 100 cm³/mol. The second-order valence-corrected chi connectivity index (χ2v) is 8.33. The third-order valence-corrected chi connectivity index (χ3v) is 5.81. The maximum atomic E-state index is 13.0. The lowest BCUT2D eigenvalue weighted by Gasteiger charge is -2.21. The molecular weight excluding hydrogens is 348 g/mol. The van der Waals surface area contributed by atoms with Crippen LogP contribution in [0.1, 0.15) is 65.5 Å². The van der Waals surface area contributed by atoms with Gasteiger partial charge in [-0.15, -0.1) is 11.3 Å². The summed E-state index contributed by atoms with van der Waals surface area (Å²) in [5.74, 6) is 1.08. The second-order valence-electron chi connectivity index (χ2n) is 7.04. The molecule has 1 amide bonds. The quantitative estimate of drug-likeness (QED) is 0.732. The number of nitrogens with zero attached hydrogens (tertiary/aromatic N) is 3. The first kappa shape index (κ1) is 17.0. The van der Waals surface area contributed by atoms with E-state index in [1.165, 1.54) is 4.88 Å². The van der Waals surface area contributed by atoms with Crippen LogP contribution in [-0.4, -0.2) is 32.7 Å². The number of thiophene rings is 1. The first-order valence-electron chi connectivity index (χ1n) is 8.92. The molecule has 0 saturated carbocycles. The van der Waals surface area contributed by atoms with Gasteiger partial charge in [-0.1, -0.05) is 19.0 Å². The Morgan fingerprint density at radius 1 is 1.38 bits per heavy atom. The molecule has 0 bridgehead atoms. The number of nitrogens with one attached hydrogen (secondary N) is 1. The molecule has 0 unspecified atom stereocenters. The van der Waals surface area contributed by atoms with E-state index in [1.807, 2.05) is 23.1 Å². The van der Waals surface area contributed by atoms with E-state index in [2.05, 4.69) is 42.2 Å². The summed E-state index contributed by atoms with van der Waals surface area (Å²) < 4.78 is 5.43. The van der Waals surface area contributed by atoms with E-state index in [9.17, 15) is 4.79 Å². The van der Waals surface area contributed by atoms with Crippen LogP contribution in [0.5, 0.6) is 0 Å². The van der Waals surface area contributed by atoms with Crippen molar-refractivity contribution in [2.75, 3.05) is 6.54 Å². The lowest BCUT2D eigenvalue weighted by Crippen LogP contribution is -2.31. The lowest BCUT2D eigenvalue weighted by molar-refractivity contribution is 0.0724. The van der Waals surface area contributed by atoms with Crippen LogP contribution in [0.15, 0.2) is 28.8 Å². The van der Waals surface area contributed by atoms with Crippen molar-refractivity contribution < 1.29 is 9.32 Å². The van der Waals surface area contributed by atoms with Crippen LogP contribution in [0.25, 0.3) is 10.6 Å². The fourth-order valence-electron chi connectivity index (χ4n) is 3.33. The molecule has 26 heavy (non-hydrogen) atoms. The highest BCUT2D eigenvalue weighted by Crippen LogP contribution is 2.34. The van der Waals surface area contributed by atoms with E-state index in [4.69, 9.17) is 4.52 Å². The van der Waals surface area contributed by atoms with Crippen molar-refractivity contribution in [1.82, 2.24) is 20.3 Å². The van der Waals surface area contributed by atoms with Gasteiger partial charge in [-0.05, 0) is 38.0 Å². The van der Waals surface area contributed by atoms with Gasteiger partial charge in [-0.25, -0.2) is 0 Å². The summed E-state index contributed by atoms with van der Waals surface area (Å²) in [6.07, 6.45) is 1.86. The maximum absolute atomic E-state index is 13.0. The lowest BCUT2D eigenvalue weighted by atomic mass is 10.1. The van der Waals surface area contributed by atoms with Gasteiger partial charge in [0, 0.05) is 23.4 Å². The van der Waals surface area contributed by atoms with E-state index >= 15 is 0 Å². The number of aromatic nitrogens is 3. The average Bonchev–Trinajstić information content (AvgIpc) is 3.37. The number of aryl methyl sites for hydroxylation is 1. The van der Waals surface area contributed by atoms with Crippen LogP contribution in [0.3, 0.4) is 0 Å². The van der Waals surface area contributed by atoms with Gasteiger partial charge in [-0.2, -0.15) is 5.10 Å². The van der Waals surface area contributed by atoms with Gasteiger partial charge in [-0.3, -0.25) is 9.89 Å². The minimum atomic E-state index is -0.0580. The third-order valence-electron chi connectivity index (χ3n) is 4.77. The fourth-order valence-corrected chi connectivity index (χ4v) is 4.17. The van der Waals surface area contributed by atoms with Crippen LogP contribution in [0, 0.1) is 6.92 Å². The molecule has 3 aromatic heterocycles. The molecule has 1 aliphatic heterocycles. The Morgan fingerprint density at radius 2 is 2.23 bits per heavy atom. The number of aromatic amines is 1. The molecule has 1 N–H and O–H groups in total. The fraction of sp³-hybridized carbons (Fsp3) is 0.421. The number of H-pyrrole nitrogens is 1. The Morgan fingerprint density at radius 3 is 2.92 bits per heavy atom. The molecule has 0 aliphatic carbocycles. The van der Waals surface area contributed by atoms with Crippen molar-refractivity contribution in [3.8, 4) is 10.6 Å². The van der Waals surface area contributed by atoms with Crippen LogP contribution in [0.2, 0.25) is 0 Å². The average molecular weight is 370 g/mol. The number of hydrogen-bond acceptors (Lipinski definition) is 5. The van der Waals surface area contributed by atoms with Crippen molar-refractivity contribution in [3.63, 3.8) is 0 Å². The zero-order valence-electron chi connectivity index (χ0n) is 15.2. The van der Waals surface area contributed by atoms with Gasteiger partial charge in [0.2, 0.25) is 0 Å². The molecule has 1 saturated heterocycles. The Kier molecular flexibility index (Phi) is 4.40. The Labute approximate surface area is 156 Å². The molecule has 0 aromatic carbocycles. The molecule has 4 rings (SSSR count). The summed E-state index contributed by atoms with van der Waals surface area (Å²) in [5.41, 5.74) is 2.17. The highest BCUT2D eigenvalue weighted by molar-refractivity contribution is 7.15. The van der Waals surface area contributed by atoms with Crippen molar-refractivity contribution >= 4 is 17.2 Å². The molecule has 1 aliphatic rings. The third kappa shape index (κ3) is 3.07. The predicted octanol–water partition coefficient (Wildman–Crippen LogP) is 4.54. The maximum Gasteiger partial charge on any atom is 0.274 e. The van der Waals surface area contributed by atoms with Crippen LogP contribution < -0.4 is 0 Å². The molecule has 1 atom stereocenters. The van der Waals surface area contributed by atoms with Crippen LogP contribution >= 0.6 is 11.3 Å². The first-order valence-corrected chi connectivity index (χ1v) is 9.74. The van der Waals surface area contributed by atoms with E-state index in [-0.39, 0.29) is 17.9 Å². The number of carbonyl (C=O) groups excluding carboxylic acids is 1.